The van der Waals surface area contributed by atoms with Crippen molar-refractivity contribution in [2.75, 3.05) is 39.2 Å². The van der Waals surface area contributed by atoms with Gasteiger partial charge in [0.05, 0.1) is 13.0 Å². The highest BCUT2D eigenvalue weighted by Crippen LogP contribution is 2.14. The fourth-order valence-electron chi connectivity index (χ4n) is 2.02. The van der Waals surface area contributed by atoms with Crippen molar-refractivity contribution in [3.05, 3.63) is 29.3 Å². The molecule has 0 aliphatic carbocycles. The smallest absolute Gasteiger partial charge is 0.321 e. The third kappa shape index (κ3) is 6.88. The number of amides is 2. The summed E-state index contributed by atoms with van der Waals surface area (Å²) in [6, 6.07) is 6.56. The van der Waals surface area contributed by atoms with Gasteiger partial charge in [-0.05, 0) is 30.7 Å². The Labute approximate surface area is 141 Å². The van der Waals surface area contributed by atoms with E-state index < -0.39 is 5.92 Å². The summed E-state index contributed by atoms with van der Waals surface area (Å²) in [6.45, 7) is 3.02. The maximum atomic E-state index is 12.4. The lowest BCUT2D eigenvalue weighted by Gasteiger charge is -2.25. The number of rotatable bonds is 8. The average Bonchev–Trinajstić information content (AvgIpc) is 2.55. The third-order valence-corrected chi connectivity index (χ3v) is 3.51. The molecule has 1 N–H and O–H groups in total. The molecule has 23 heavy (non-hydrogen) atoms. The Morgan fingerprint density at radius 3 is 2.48 bits per heavy atom. The third-order valence-electron chi connectivity index (χ3n) is 3.26. The van der Waals surface area contributed by atoms with E-state index in [1.165, 1.54) is 7.11 Å². The Hall–Kier alpha value is -1.79. The van der Waals surface area contributed by atoms with E-state index in [9.17, 15) is 9.59 Å². The number of hydrogen-bond acceptors (Lipinski definition) is 4. The Morgan fingerprint density at radius 2 is 1.91 bits per heavy atom. The first kappa shape index (κ1) is 19.3. The number of halogens is 1. The summed E-state index contributed by atoms with van der Waals surface area (Å²) in [5, 5.41) is 3.39. The molecule has 128 valence electrons. The molecule has 7 heteroatoms. The summed E-state index contributed by atoms with van der Waals surface area (Å²) in [4.78, 5) is 25.6. The van der Waals surface area contributed by atoms with Gasteiger partial charge in [0.15, 0.2) is 0 Å². The number of methoxy groups -OCH3 is 2. The molecule has 6 nitrogen and oxygen atoms in total. The Balaban J connectivity index is 2.70. The van der Waals surface area contributed by atoms with Crippen molar-refractivity contribution in [3.8, 4) is 0 Å². The highest BCUT2D eigenvalue weighted by molar-refractivity contribution is 6.30. The van der Waals surface area contributed by atoms with Crippen LogP contribution in [0.25, 0.3) is 0 Å². The Bertz CT molecular complexity index is 507. The van der Waals surface area contributed by atoms with E-state index in [-0.39, 0.29) is 18.5 Å². The fraction of sp³-hybridized carbons (Fsp3) is 0.500. The van der Waals surface area contributed by atoms with E-state index in [2.05, 4.69) is 5.32 Å². The minimum atomic E-state index is -0.404. The van der Waals surface area contributed by atoms with Crippen LogP contribution in [0.1, 0.15) is 13.3 Å². The summed E-state index contributed by atoms with van der Waals surface area (Å²) in [5.41, 5.74) is 0.641. The fourth-order valence-corrected chi connectivity index (χ4v) is 2.14. The van der Waals surface area contributed by atoms with Crippen LogP contribution in [0.5, 0.6) is 0 Å². The van der Waals surface area contributed by atoms with Gasteiger partial charge in [-0.2, -0.15) is 0 Å². The van der Waals surface area contributed by atoms with Crippen molar-refractivity contribution < 1.29 is 19.1 Å². The molecule has 1 atom stereocenters. The van der Waals surface area contributed by atoms with E-state index in [4.69, 9.17) is 21.1 Å². The van der Waals surface area contributed by atoms with Crippen molar-refractivity contribution in [3.63, 3.8) is 0 Å². The molecule has 0 aromatic heterocycles. The van der Waals surface area contributed by atoms with Crippen LogP contribution in [0.3, 0.4) is 0 Å². The molecule has 1 unspecified atom stereocenters. The van der Waals surface area contributed by atoms with E-state index in [0.717, 1.165) is 0 Å². The standard InChI is InChI=1S/C16H23ClN2O4/c1-12(15(20)23-3)11-19(9-4-10-22-2)16(21)18-14-7-5-13(17)6-8-14/h5-8,12H,4,9-11H2,1-3H3,(H,18,21). The lowest BCUT2D eigenvalue weighted by Crippen LogP contribution is -2.40. The van der Waals surface area contributed by atoms with Crippen molar-refractivity contribution in [1.29, 1.82) is 0 Å². The summed E-state index contributed by atoms with van der Waals surface area (Å²) in [5.74, 6) is -0.750. The summed E-state index contributed by atoms with van der Waals surface area (Å²) >= 11 is 5.83. The number of esters is 1. The number of carbonyl (C=O) groups is 2. The lowest BCUT2D eigenvalue weighted by molar-refractivity contribution is -0.145. The number of ether oxygens (including phenoxy) is 2. The van der Waals surface area contributed by atoms with Gasteiger partial charge in [0.2, 0.25) is 0 Å². The average molecular weight is 343 g/mol. The molecule has 0 aliphatic heterocycles. The highest BCUT2D eigenvalue weighted by atomic mass is 35.5. The summed E-state index contributed by atoms with van der Waals surface area (Å²) in [6.07, 6.45) is 0.679. The maximum absolute atomic E-state index is 12.4. The minimum absolute atomic E-state index is 0.274. The van der Waals surface area contributed by atoms with Crippen LogP contribution in [0, 0.1) is 5.92 Å². The Kier molecular flexibility index (Phi) is 8.43. The van der Waals surface area contributed by atoms with E-state index in [0.29, 0.717) is 30.3 Å². The number of carbonyl (C=O) groups excluding carboxylic acids is 2. The Morgan fingerprint density at radius 1 is 1.26 bits per heavy atom. The lowest BCUT2D eigenvalue weighted by atomic mass is 10.1. The highest BCUT2D eigenvalue weighted by Gasteiger charge is 2.21. The van der Waals surface area contributed by atoms with Crippen LogP contribution in [0.2, 0.25) is 5.02 Å². The summed E-state index contributed by atoms with van der Waals surface area (Å²) < 4.78 is 9.73. The van der Waals surface area contributed by atoms with E-state index in [1.807, 2.05) is 0 Å². The molecule has 0 spiro atoms. The first-order valence-corrected chi connectivity index (χ1v) is 7.74. The van der Waals surface area contributed by atoms with Gasteiger partial charge in [-0.25, -0.2) is 4.79 Å². The first-order valence-electron chi connectivity index (χ1n) is 7.36. The molecular weight excluding hydrogens is 320 g/mol. The van der Waals surface area contributed by atoms with Crippen molar-refractivity contribution in [2.24, 2.45) is 5.92 Å². The maximum Gasteiger partial charge on any atom is 0.321 e. The van der Waals surface area contributed by atoms with Gasteiger partial charge in [-0.3, -0.25) is 4.79 Å². The van der Waals surface area contributed by atoms with Gasteiger partial charge in [-0.1, -0.05) is 18.5 Å². The number of nitrogens with zero attached hydrogens (tertiary/aromatic N) is 1. The van der Waals surface area contributed by atoms with E-state index in [1.54, 1.807) is 43.2 Å². The quantitative estimate of drug-likeness (QED) is 0.582. The summed E-state index contributed by atoms with van der Waals surface area (Å²) in [7, 11) is 2.94. The molecule has 0 saturated heterocycles. The molecule has 0 saturated carbocycles. The molecule has 1 aromatic carbocycles. The molecule has 0 radical (unpaired) electrons. The molecule has 2 amide bonds. The molecule has 0 bridgehead atoms. The first-order chi connectivity index (χ1) is 11.0. The largest absolute Gasteiger partial charge is 0.469 e. The van der Waals surface area contributed by atoms with Crippen molar-refractivity contribution in [1.82, 2.24) is 4.90 Å². The zero-order chi connectivity index (χ0) is 17.2. The van der Waals surface area contributed by atoms with Crippen LogP contribution in [-0.2, 0) is 14.3 Å². The monoisotopic (exact) mass is 342 g/mol. The molecular formula is C16H23ClN2O4. The van der Waals surface area contributed by atoms with Crippen molar-refractivity contribution >= 4 is 29.3 Å². The molecule has 1 rings (SSSR count). The number of anilines is 1. The zero-order valence-corrected chi connectivity index (χ0v) is 14.4. The predicted octanol–water partition coefficient (Wildman–Crippen LogP) is 3.02. The SMILES string of the molecule is COCCCN(CC(C)C(=O)OC)C(=O)Nc1ccc(Cl)cc1. The van der Waals surface area contributed by atoms with Crippen molar-refractivity contribution in [2.45, 2.75) is 13.3 Å². The molecule has 1 aromatic rings. The van der Waals surface area contributed by atoms with Crippen LogP contribution < -0.4 is 5.32 Å². The van der Waals surface area contributed by atoms with Crippen LogP contribution in [0.15, 0.2) is 24.3 Å². The van der Waals surface area contributed by atoms with Gasteiger partial charge in [-0.15, -0.1) is 0 Å². The van der Waals surface area contributed by atoms with Gasteiger partial charge >= 0.3 is 12.0 Å². The minimum Gasteiger partial charge on any atom is -0.469 e. The molecule has 0 heterocycles. The zero-order valence-electron chi connectivity index (χ0n) is 13.7. The number of urea groups is 1. The van der Waals surface area contributed by atoms with Crippen LogP contribution in [0.4, 0.5) is 10.5 Å². The second-order valence-electron chi connectivity index (χ2n) is 5.15. The number of nitrogens with one attached hydrogen (secondary N) is 1. The number of hydrogen-bond donors (Lipinski definition) is 1. The normalized spacial score (nSPS) is 11.7. The second-order valence-corrected chi connectivity index (χ2v) is 5.59. The number of benzene rings is 1. The van der Waals surface area contributed by atoms with Gasteiger partial charge in [0.1, 0.15) is 0 Å². The predicted molar refractivity (Wildman–Crippen MR) is 89.7 cm³/mol. The topological polar surface area (TPSA) is 67.9 Å². The molecule has 0 aliphatic rings. The van der Waals surface area contributed by atoms with Crippen LogP contribution in [-0.4, -0.2) is 50.8 Å². The second kappa shape index (κ2) is 10.1. The molecule has 0 fully saturated rings. The van der Waals surface area contributed by atoms with Gasteiger partial charge in [0, 0.05) is 37.5 Å². The van der Waals surface area contributed by atoms with E-state index >= 15 is 0 Å². The van der Waals surface area contributed by atoms with Crippen LogP contribution >= 0.6 is 11.6 Å². The van der Waals surface area contributed by atoms with Gasteiger partial charge < -0.3 is 19.7 Å². The van der Waals surface area contributed by atoms with Gasteiger partial charge in [0.25, 0.3) is 0 Å².